The zero-order chi connectivity index (χ0) is 17.0. The highest BCUT2D eigenvalue weighted by molar-refractivity contribution is 14.0. The maximum atomic E-state index is 5.69. The van der Waals surface area contributed by atoms with Gasteiger partial charge in [-0.1, -0.05) is 30.3 Å². The van der Waals surface area contributed by atoms with E-state index in [0.29, 0.717) is 6.61 Å². The van der Waals surface area contributed by atoms with E-state index in [1.807, 2.05) is 29.5 Å². The summed E-state index contributed by atoms with van der Waals surface area (Å²) in [5.41, 5.74) is 1.23. The minimum absolute atomic E-state index is 0. The van der Waals surface area contributed by atoms with E-state index >= 15 is 0 Å². The number of unbranched alkanes of at least 4 members (excludes halogenated alkanes) is 1. The predicted octanol–water partition coefficient (Wildman–Crippen LogP) is 4.34. The first-order chi connectivity index (χ1) is 11.8. The summed E-state index contributed by atoms with van der Waals surface area (Å²) in [5, 5.41) is 6.68. The van der Waals surface area contributed by atoms with E-state index in [2.05, 4.69) is 46.8 Å². The van der Waals surface area contributed by atoms with E-state index in [-0.39, 0.29) is 24.0 Å². The Morgan fingerprint density at radius 1 is 1.08 bits per heavy atom. The van der Waals surface area contributed by atoms with Gasteiger partial charge in [0.05, 0.1) is 13.2 Å². The first kappa shape index (κ1) is 21.9. The lowest BCUT2D eigenvalue weighted by Gasteiger charge is -2.11. The van der Waals surface area contributed by atoms with Crippen molar-refractivity contribution in [2.45, 2.75) is 32.9 Å². The van der Waals surface area contributed by atoms with Gasteiger partial charge in [-0.2, -0.15) is 0 Å². The topological polar surface area (TPSA) is 45.7 Å². The molecule has 25 heavy (non-hydrogen) atoms. The molecule has 0 saturated heterocycles. The Hall–Kier alpha value is -1.12. The van der Waals surface area contributed by atoms with Gasteiger partial charge in [0.25, 0.3) is 0 Å². The Labute approximate surface area is 172 Å². The summed E-state index contributed by atoms with van der Waals surface area (Å²) >= 11 is 1.81. The molecule has 0 aliphatic carbocycles. The van der Waals surface area contributed by atoms with Gasteiger partial charge < -0.3 is 15.4 Å². The molecule has 1 aromatic carbocycles. The van der Waals surface area contributed by atoms with Crippen molar-refractivity contribution in [3.8, 4) is 0 Å². The average Bonchev–Trinajstić information content (AvgIpc) is 3.03. The van der Waals surface area contributed by atoms with Gasteiger partial charge in [-0.25, -0.2) is 0 Å². The molecule has 6 heteroatoms. The van der Waals surface area contributed by atoms with Gasteiger partial charge in [0.2, 0.25) is 0 Å². The van der Waals surface area contributed by atoms with Gasteiger partial charge in [-0.05, 0) is 37.5 Å². The van der Waals surface area contributed by atoms with Crippen LogP contribution in [0.25, 0.3) is 0 Å². The molecule has 0 spiro atoms. The maximum absolute atomic E-state index is 5.69. The highest BCUT2D eigenvalue weighted by Crippen LogP contribution is 2.14. The Kier molecular flexibility index (Phi) is 11.5. The highest BCUT2D eigenvalue weighted by Gasteiger charge is 2.00. The fourth-order valence-electron chi connectivity index (χ4n) is 2.27. The van der Waals surface area contributed by atoms with Crippen LogP contribution in [0.1, 0.15) is 28.2 Å². The van der Waals surface area contributed by atoms with Gasteiger partial charge in [-0.15, -0.1) is 35.3 Å². The van der Waals surface area contributed by atoms with Crippen molar-refractivity contribution in [3.05, 3.63) is 57.8 Å². The molecule has 1 heterocycles. The van der Waals surface area contributed by atoms with Crippen LogP contribution in [0.3, 0.4) is 0 Å². The molecule has 0 unspecified atom stereocenters. The zero-order valence-corrected chi connectivity index (χ0v) is 18.1. The summed E-state index contributed by atoms with van der Waals surface area (Å²) in [6, 6.07) is 14.6. The van der Waals surface area contributed by atoms with Crippen LogP contribution in [0, 0.1) is 6.92 Å². The number of aryl methyl sites for hydroxylation is 1. The molecular weight excluding hydrogens is 445 g/mol. The summed E-state index contributed by atoms with van der Waals surface area (Å²) in [4.78, 5) is 6.91. The molecule has 2 aromatic rings. The van der Waals surface area contributed by atoms with Gasteiger partial charge in [0.15, 0.2) is 5.96 Å². The molecule has 138 valence electrons. The number of guanidine groups is 1. The molecule has 1 aromatic heterocycles. The molecule has 0 radical (unpaired) electrons. The number of rotatable bonds is 9. The fraction of sp³-hybridized carbons (Fsp3) is 0.421. The largest absolute Gasteiger partial charge is 0.377 e. The number of nitrogens with one attached hydrogen (secondary N) is 2. The van der Waals surface area contributed by atoms with Crippen LogP contribution in [-0.2, 0) is 17.9 Å². The lowest BCUT2D eigenvalue weighted by atomic mass is 10.2. The van der Waals surface area contributed by atoms with E-state index in [9.17, 15) is 0 Å². The van der Waals surface area contributed by atoms with Crippen molar-refractivity contribution in [1.29, 1.82) is 0 Å². The van der Waals surface area contributed by atoms with Crippen LogP contribution in [0.2, 0.25) is 0 Å². The summed E-state index contributed by atoms with van der Waals surface area (Å²) in [6.45, 7) is 5.33. The first-order valence-corrected chi connectivity index (χ1v) is 9.21. The molecule has 0 aliphatic rings. The van der Waals surface area contributed by atoms with Gasteiger partial charge in [-0.3, -0.25) is 4.99 Å². The van der Waals surface area contributed by atoms with Crippen molar-refractivity contribution in [3.63, 3.8) is 0 Å². The number of thiophene rings is 1. The summed E-state index contributed by atoms with van der Waals surface area (Å²) < 4.78 is 5.69. The standard InChI is InChI=1S/C19H27N3OS.HI/c1-16-10-11-18(24-16)14-22-19(20-2)21-12-6-7-13-23-15-17-8-4-3-5-9-17;/h3-5,8-11H,6-7,12-15H2,1-2H3,(H2,20,21,22);1H. The van der Waals surface area contributed by atoms with Crippen molar-refractivity contribution >= 4 is 41.3 Å². The molecule has 0 amide bonds. The van der Waals surface area contributed by atoms with Gasteiger partial charge in [0, 0.05) is 30.0 Å². The molecule has 0 aliphatic heterocycles. The number of ether oxygens (including phenoxy) is 1. The fourth-order valence-corrected chi connectivity index (χ4v) is 3.10. The molecule has 2 rings (SSSR count). The zero-order valence-electron chi connectivity index (χ0n) is 15.0. The highest BCUT2D eigenvalue weighted by atomic mass is 127. The average molecular weight is 473 g/mol. The van der Waals surface area contributed by atoms with E-state index < -0.39 is 0 Å². The Morgan fingerprint density at radius 2 is 1.88 bits per heavy atom. The normalized spacial score (nSPS) is 11.0. The predicted molar refractivity (Wildman–Crippen MR) is 118 cm³/mol. The smallest absolute Gasteiger partial charge is 0.191 e. The second kappa shape index (κ2) is 13.1. The summed E-state index contributed by atoms with van der Waals surface area (Å²) in [5.74, 6) is 0.853. The third-order valence-electron chi connectivity index (χ3n) is 3.57. The molecule has 4 nitrogen and oxygen atoms in total. The van der Waals surface area contributed by atoms with E-state index in [4.69, 9.17) is 4.74 Å². The van der Waals surface area contributed by atoms with Crippen molar-refractivity contribution in [2.75, 3.05) is 20.2 Å². The molecule has 2 N–H and O–H groups in total. The molecule has 0 fully saturated rings. The van der Waals surface area contributed by atoms with Crippen LogP contribution >= 0.6 is 35.3 Å². The number of hydrogen-bond acceptors (Lipinski definition) is 3. The van der Waals surface area contributed by atoms with Crippen LogP contribution in [-0.4, -0.2) is 26.2 Å². The monoisotopic (exact) mass is 473 g/mol. The van der Waals surface area contributed by atoms with Crippen molar-refractivity contribution < 1.29 is 4.74 Å². The Bertz CT molecular complexity index is 616. The molecular formula is C19H28IN3OS. The van der Waals surface area contributed by atoms with Crippen molar-refractivity contribution in [2.24, 2.45) is 4.99 Å². The number of hydrogen-bond donors (Lipinski definition) is 2. The van der Waals surface area contributed by atoms with E-state index in [1.165, 1.54) is 15.3 Å². The number of aliphatic imine (C=N–C) groups is 1. The molecule has 0 saturated carbocycles. The SMILES string of the molecule is CN=C(NCCCCOCc1ccccc1)NCc1ccc(C)s1.I. The summed E-state index contributed by atoms with van der Waals surface area (Å²) in [7, 11) is 1.80. The minimum Gasteiger partial charge on any atom is -0.377 e. The van der Waals surface area contributed by atoms with Crippen LogP contribution in [0.15, 0.2) is 47.5 Å². The Balaban J connectivity index is 0.00000312. The van der Waals surface area contributed by atoms with Gasteiger partial charge in [0.1, 0.15) is 0 Å². The molecule has 0 bridgehead atoms. The Morgan fingerprint density at radius 3 is 2.56 bits per heavy atom. The van der Waals surface area contributed by atoms with Crippen LogP contribution in [0.4, 0.5) is 0 Å². The van der Waals surface area contributed by atoms with Crippen LogP contribution in [0.5, 0.6) is 0 Å². The quantitative estimate of drug-likeness (QED) is 0.247. The third kappa shape index (κ3) is 9.23. The first-order valence-electron chi connectivity index (χ1n) is 8.39. The van der Waals surface area contributed by atoms with E-state index in [0.717, 1.165) is 38.5 Å². The lowest BCUT2D eigenvalue weighted by molar-refractivity contribution is 0.117. The minimum atomic E-state index is 0. The molecule has 0 atom stereocenters. The van der Waals surface area contributed by atoms with E-state index in [1.54, 1.807) is 7.05 Å². The summed E-state index contributed by atoms with van der Waals surface area (Å²) in [6.07, 6.45) is 2.11. The number of benzene rings is 1. The number of nitrogens with zero attached hydrogens (tertiary/aromatic N) is 1. The van der Waals surface area contributed by atoms with Crippen molar-refractivity contribution in [1.82, 2.24) is 10.6 Å². The lowest BCUT2D eigenvalue weighted by Crippen LogP contribution is -2.37. The maximum Gasteiger partial charge on any atom is 0.191 e. The van der Waals surface area contributed by atoms with Crippen LogP contribution < -0.4 is 10.6 Å². The second-order valence-electron chi connectivity index (χ2n) is 5.61. The second-order valence-corrected chi connectivity index (χ2v) is 6.98. The third-order valence-corrected chi connectivity index (χ3v) is 4.57. The number of halogens is 1. The van der Waals surface area contributed by atoms with Gasteiger partial charge >= 0.3 is 0 Å².